The number of nitrogens with one attached hydrogen (secondary N) is 1. The van der Waals surface area contributed by atoms with Gasteiger partial charge in [0, 0.05) is 50.1 Å². The highest BCUT2D eigenvalue weighted by atomic mass is 19.2. The van der Waals surface area contributed by atoms with Gasteiger partial charge in [0.15, 0.2) is 35.3 Å². The van der Waals surface area contributed by atoms with Crippen LogP contribution in [-0.4, -0.2) is 60.7 Å². The second-order valence-electron chi connectivity index (χ2n) is 11.3. The van der Waals surface area contributed by atoms with E-state index in [-0.39, 0.29) is 18.4 Å². The first kappa shape index (κ1) is 31.5. The zero-order chi connectivity index (χ0) is 31.7. The lowest BCUT2D eigenvalue weighted by atomic mass is 9.98. The minimum absolute atomic E-state index is 0.0255. The van der Waals surface area contributed by atoms with Crippen LogP contribution in [0.5, 0.6) is 0 Å². The first-order chi connectivity index (χ1) is 21.7. The van der Waals surface area contributed by atoms with Crippen molar-refractivity contribution in [1.29, 1.82) is 0 Å². The number of benzene rings is 3. The molecule has 0 radical (unpaired) electrons. The van der Waals surface area contributed by atoms with Crippen molar-refractivity contribution < 1.29 is 50.8 Å². The average molecular weight is 635 g/mol. The van der Waals surface area contributed by atoms with E-state index in [4.69, 9.17) is 18.9 Å². The van der Waals surface area contributed by atoms with Gasteiger partial charge in [0.25, 0.3) is 5.91 Å². The lowest BCUT2D eigenvalue weighted by Crippen LogP contribution is -2.48. The first-order valence-electron chi connectivity index (χ1n) is 14.6. The average Bonchev–Trinajstić information content (AvgIpc) is 3.52. The molecule has 1 amide bonds. The molecule has 0 aromatic heterocycles. The number of rotatable bonds is 7. The van der Waals surface area contributed by atoms with Crippen LogP contribution in [0.4, 0.5) is 27.6 Å². The van der Waals surface area contributed by atoms with Crippen LogP contribution in [0.15, 0.2) is 48.5 Å². The molecule has 6 rings (SSSR count). The Kier molecular flexibility index (Phi) is 9.18. The monoisotopic (exact) mass is 634 g/mol. The number of amides is 1. The van der Waals surface area contributed by atoms with Crippen LogP contribution in [0.3, 0.4) is 0 Å². The van der Waals surface area contributed by atoms with Gasteiger partial charge in [-0.3, -0.25) is 4.79 Å². The Balaban J connectivity index is 1.21. The topological polar surface area (TPSA) is 89.5 Å². The van der Waals surface area contributed by atoms with Crippen LogP contribution in [0.25, 0.3) is 0 Å². The Morgan fingerprint density at radius 1 is 0.867 bits per heavy atom. The SMILES string of the molecule is O=C(Nc1cccc([C@@H]2O[C@H](CN3CCC4(CC3)OCCO4)C[C@H](c3ccc(CO)cc3)O2)c1)c1c(F)c(F)c(F)c(F)c1F. The lowest BCUT2D eigenvalue weighted by Gasteiger charge is -2.41. The molecular weight excluding hydrogens is 603 g/mol. The zero-order valence-electron chi connectivity index (χ0n) is 24.0. The number of ether oxygens (including phenoxy) is 4. The highest BCUT2D eigenvalue weighted by Crippen LogP contribution is 2.39. The first-order valence-corrected chi connectivity index (χ1v) is 14.6. The van der Waals surface area contributed by atoms with E-state index in [2.05, 4.69) is 10.2 Å². The van der Waals surface area contributed by atoms with Gasteiger partial charge in [0.1, 0.15) is 5.56 Å². The number of carbonyl (C=O) groups excluding carboxylic acids is 1. The summed E-state index contributed by atoms with van der Waals surface area (Å²) < 4.78 is 93.8. The molecule has 3 fully saturated rings. The Bertz CT molecular complexity index is 1510. The molecule has 0 aliphatic carbocycles. The smallest absolute Gasteiger partial charge is 0.261 e. The second-order valence-corrected chi connectivity index (χ2v) is 11.3. The summed E-state index contributed by atoms with van der Waals surface area (Å²) in [6.45, 7) is 3.16. The number of hydrogen-bond acceptors (Lipinski definition) is 7. The quantitative estimate of drug-likeness (QED) is 0.201. The van der Waals surface area contributed by atoms with Crippen LogP contribution in [-0.2, 0) is 25.6 Å². The van der Waals surface area contributed by atoms with Crippen LogP contribution in [0.2, 0.25) is 0 Å². The van der Waals surface area contributed by atoms with E-state index in [1.807, 2.05) is 12.1 Å². The molecule has 3 atom stereocenters. The molecule has 8 nitrogen and oxygen atoms in total. The summed E-state index contributed by atoms with van der Waals surface area (Å²) in [5.41, 5.74) is 0.501. The Labute approximate surface area is 255 Å². The van der Waals surface area contributed by atoms with Gasteiger partial charge in [0.05, 0.1) is 32.0 Å². The molecule has 2 N–H and O–H groups in total. The predicted molar refractivity (Wildman–Crippen MR) is 149 cm³/mol. The van der Waals surface area contributed by atoms with Crippen molar-refractivity contribution in [1.82, 2.24) is 4.90 Å². The van der Waals surface area contributed by atoms with Gasteiger partial charge < -0.3 is 34.3 Å². The Morgan fingerprint density at radius 3 is 2.16 bits per heavy atom. The Morgan fingerprint density at radius 2 is 1.51 bits per heavy atom. The number of halogens is 5. The number of anilines is 1. The summed E-state index contributed by atoms with van der Waals surface area (Å²) in [6, 6.07) is 13.4. The number of nitrogens with zero attached hydrogens (tertiary/aromatic N) is 1. The summed E-state index contributed by atoms with van der Waals surface area (Å²) in [4.78, 5) is 14.9. The van der Waals surface area contributed by atoms with E-state index in [0.29, 0.717) is 31.7 Å². The van der Waals surface area contributed by atoms with Gasteiger partial charge in [-0.1, -0.05) is 36.4 Å². The standard InChI is InChI=1S/C32H31F5N2O6/c33-25-24(26(34)28(36)29(37)27(25)35)30(41)38-21-3-1-2-20(14-21)31-44-22(15-23(45-31)19-6-4-18(17-40)5-7-19)16-39-10-8-32(9-11-39)42-12-13-43-32/h1-7,14,22-23,31,40H,8-13,15-17H2,(H,38,41)/t22-,23+,31+/m0/s1. The minimum Gasteiger partial charge on any atom is -0.392 e. The van der Waals surface area contributed by atoms with Crippen molar-refractivity contribution >= 4 is 11.6 Å². The summed E-state index contributed by atoms with van der Waals surface area (Å²) >= 11 is 0. The molecule has 13 heteroatoms. The molecule has 3 aromatic rings. The van der Waals surface area contributed by atoms with Gasteiger partial charge in [-0.2, -0.15) is 0 Å². The minimum atomic E-state index is -2.35. The molecule has 3 heterocycles. The number of aliphatic hydroxyl groups is 1. The predicted octanol–water partition coefficient (Wildman–Crippen LogP) is 5.51. The fourth-order valence-corrected chi connectivity index (χ4v) is 5.94. The molecule has 1 spiro atoms. The van der Waals surface area contributed by atoms with Crippen molar-refractivity contribution in [3.05, 3.63) is 99.9 Å². The molecule has 3 aliphatic heterocycles. The molecule has 3 aromatic carbocycles. The fraction of sp³-hybridized carbons (Fsp3) is 0.406. The molecule has 0 unspecified atom stereocenters. The van der Waals surface area contributed by atoms with Gasteiger partial charge in [-0.15, -0.1) is 0 Å². The third-order valence-corrected chi connectivity index (χ3v) is 8.36. The number of hydrogen-bond donors (Lipinski definition) is 2. The van der Waals surface area contributed by atoms with Crippen molar-refractivity contribution in [3.8, 4) is 0 Å². The van der Waals surface area contributed by atoms with Crippen molar-refractivity contribution in [3.63, 3.8) is 0 Å². The van der Waals surface area contributed by atoms with E-state index in [0.717, 1.165) is 37.1 Å². The van der Waals surface area contributed by atoms with Crippen molar-refractivity contribution in [2.45, 2.75) is 50.2 Å². The van der Waals surface area contributed by atoms with E-state index in [9.17, 15) is 31.9 Å². The van der Waals surface area contributed by atoms with Crippen molar-refractivity contribution in [2.75, 3.05) is 38.2 Å². The number of carbonyl (C=O) groups is 1. The van der Waals surface area contributed by atoms with Crippen LogP contribution < -0.4 is 5.32 Å². The molecule has 240 valence electrons. The number of aliphatic hydroxyl groups excluding tert-OH is 1. The van der Waals surface area contributed by atoms with Gasteiger partial charge in [-0.25, -0.2) is 22.0 Å². The van der Waals surface area contributed by atoms with E-state index in [1.165, 1.54) is 18.2 Å². The van der Waals surface area contributed by atoms with E-state index in [1.54, 1.807) is 18.2 Å². The summed E-state index contributed by atoms with van der Waals surface area (Å²) in [7, 11) is 0. The third kappa shape index (κ3) is 6.60. The van der Waals surface area contributed by atoms with Gasteiger partial charge in [0.2, 0.25) is 5.82 Å². The number of piperidine rings is 1. The molecule has 45 heavy (non-hydrogen) atoms. The molecule has 0 bridgehead atoms. The highest BCUT2D eigenvalue weighted by Gasteiger charge is 2.41. The van der Waals surface area contributed by atoms with Crippen molar-refractivity contribution in [2.24, 2.45) is 0 Å². The summed E-state index contributed by atoms with van der Waals surface area (Å²) in [5.74, 6) is -13.3. The third-order valence-electron chi connectivity index (χ3n) is 8.36. The maximum absolute atomic E-state index is 14.2. The van der Waals surface area contributed by atoms with E-state index < -0.39 is 58.7 Å². The second kappa shape index (κ2) is 13.1. The summed E-state index contributed by atoms with van der Waals surface area (Å²) in [5, 5.41) is 11.7. The largest absolute Gasteiger partial charge is 0.392 e. The maximum Gasteiger partial charge on any atom is 0.261 e. The van der Waals surface area contributed by atoms with Crippen LogP contribution >= 0.6 is 0 Å². The van der Waals surface area contributed by atoms with Crippen LogP contribution in [0, 0.1) is 29.1 Å². The highest BCUT2D eigenvalue weighted by molar-refractivity contribution is 6.04. The fourth-order valence-electron chi connectivity index (χ4n) is 5.94. The summed E-state index contributed by atoms with van der Waals surface area (Å²) in [6.07, 6.45) is 0.394. The van der Waals surface area contributed by atoms with Crippen LogP contribution in [0.1, 0.15) is 58.7 Å². The van der Waals surface area contributed by atoms with E-state index >= 15 is 0 Å². The lowest BCUT2D eigenvalue weighted by molar-refractivity contribution is -0.255. The molecule has 3 aliphatic rings. The van der Waals surface area contributed by atoms with Gasteiger partial charge >= 0.3 is 0 Å². The maximum atomic E-state index is 14.2. The zero-order valence-corrected chi connectivity index (χ0v) is 24.0. The molecule has 0 saturated carbocycles. The van der Waals surface area contributed by atoms with Gasteiger partial charge in [-0.05, 0) is 23.3 Å². The Hall–Kier alpha value is -3.46. The molecular formula is C32H31F5N2O6. The molecule has 3 saturated heterocycles. The number of likely N-dealkylation sites (tertiary alicyclic amines) is 1. The normalized spacial score (nSPS) is 23.4.